The summed E-state index contributed by atoms with van der Waals surface area (Å²) in [5, 5.41) is 4.86. The molecule has 5 heteroatoms. The highest BCUT2D eigenvalue weighted by molar-refractivity contribution is 6.06. The van der Waals surface area contributed by atoms with Gasteiger partial charge in [0.15, 0.2) is 0 Å². The molecular formula is C12H14N2O3. The van der Waals surface area contributed by atoms with E-state index < -0.39 is 11.6 Å². The van der Waals surface area contributed by atoms with Crippen molar-refractivity contribution in [2.24, 2.45) is 0 Å². The standard InChI is InChI=1S/C12H14N2O3/c1-12(10(15)13-11(16)14-12)7-8-4-3-5-9(6-8)17-2/h3-6H,7H2,1-2H3,(H2,13,14,15,16). The molecule has 90 valence electrons. The van der Waals surface area contributed by atoms with Gasteiger partial charge in [0.1, 0.15) is 11.3 Å². The van der Waals surface area contributed by atoms with E-state index in [9.17, 15) is 9.59 Å². The van der Waals surface area contributed by atoms with E-state index in [2.05, 4.69) is 10.6 Å². The number of carbonyl (C=O) groups is 2. The van der Waals surface area contributed by atoms with Gasteiger partial charge in [-0.25, -0.2) is 4.79 Å². The Morgan fingerprint density at radius 3 is 2.71 bits per heavy atom. The molecule has 1 fully saturated rings. The molecule has 2 rings (SSSR count). The molecule has 1 aromatic carbocycles. The number of ether oxygens (including phenoxy) is 1. The molecular weight excluding hydrogens is 220 g/mol. The first kappa shape index (κ1) is 11.4. The van der Waals surface area contributed by atoms with Crippen molar-refractivity contribution in [3.05, 3.63) is 29.8 Å². The summed E-state index contributed by atoms with van der Waals surface area (Å²) in [5.74, 6) is 0.432. The molecule has 1 heterocycles. The molecule has 5 nitrogen and oxygen atoms in total. The lowest BCUT2D eigenvalue weighted by Crippen LogP contribution is -2.45. The number of methoxy groups -OCH3 is 1. The van der Waals surface area contributed by atoms with Crippen LogP contribution in [-0.2, 0) is 11.2 Å². The number of nitrogens with one attached hydrogen (secondary N) is 2. The van der Waals surface area contributed by atoms with Crippen molar-refractivity contribution in [2.45, 2.75) is 18.9 Å². The molecule has 2 N–H and O–H groups in total. The van der Waals surface area contributed by atoms with Crippen molar-refractivity contribution < 1.29 is 14.3 Å². The third-order valence-corrected chi connectivity index (χ3v) is 2.81. The smallest absolute Gasteiger partial charge is 0.322 e. The van der Waals surface area contributed by atoms with Crippen LogP contribution in [0, 0.1) is 0 Å². The summed E-state index contributed by atoms with van der Waals surface area (Å²) in [7, 11) is 1.59. The first-order valence-electron chi connectivity index (χ1n) is 5.30. The van der Waals surface area contributed by atoms with Crippen LogP contribution >= 0.6 is 0 Å². The van der Waals surface area contributed by atoms with E-state index in [1.807, 2.05) is 24.3 Å². The van der Waals surface area contributed by atoms with E-state index in [0.717, 1.165) is 11.3 Å². The van der Waals surface area contributed by atoms with Gasteiger partial charge in [-0.1, -0.05) is 12.1 Å². The minimum atomic E-state index is -0.885. The van der Waals surface area contributed by atoms with Gasteiger partial charge in [0, 0.05) is 6.42 Å². The Bertz CT molecular complexity index is 473. The number of urea groups is 1. The molecule has 0 aliphatic carbocycles. The zero-order chi connectivity index (χ0) is 12.5. The Kier molecular flexibility index (Phi) is 2.75. The molecule has 0 bridgehead atoms. The number of carbonyl (C=O) groups excluding carboxylic acids is 2. The van der Waals surface area contributed by atoms with Gasteiger partial charge in [0.05, 0.1) is 7.11 Å². The average Bonchev–Trinajstić information content (AvgIpc) is 2.52. The van der Waals surface area contributed by atoms with Crippen molar-refractivity contribution >= 4 is 11.9 Å². The lowest BCUT2D eigenvalue weighted by Gasteiger charge is -2.20. The topological polar surface area (TPSA) is 67.4 Å². The SMILES string of the molecule is COc1cccc(CC2(C)NC(=O)NC2=O)c1. The second kappa shape index (κ2) is 4.08. The predicted octanol–water partition coefficient (Wildman–Crippen LogP) is 0.836. The fourth-order valence-electron chi connectivity index (χ4n) is 1.89. The molecule has 1 atom stereocenters. The Morgan fingerprint density at radius 2 is 2.12 bits per heavy atom. The van der Waals surface area contributed by atoms with Gasteiger partial charge in [-0.15, -0.1) is 0 Å². The van der Waals surface area contributed by atoms with Gasteiger partial charge in [-0.2, -0.15) is 0 Å². The van der Waals surface area contributed by atoms with E-state index in [0.29, 0.717) is 6.42 Å². The molecule has 17 heavy (non-hydrogen) atoms. The summed E-state index contributed by atoms with van der Waals surface area (Å²) in [5.41, 5.74) is 0.0490. The minimum absolute atomic E-state index is 0.301. The van der Waals surface area contributed by atoms with E-state index in [1.165, 1.54) is 0 Å². The molecule has 0 spiro atoms. The summed E-state index contributed by atoms with van der Waals surface area (Å²) in [6.07, 6.45) is 0.432. The predicted molar refractivity (Wildman–Crippen MR) is 61.8 cm³/mol. The van der Waals surface area contributed by atoms with E-state index in [4.69, 9.17) is 4.74 Å². The molecule has 0 saturated carbocycles. The molecule has 3 amide bonds. The van der Waals surface area contributed by atoms with Crippen LogP contribution in [0.3, 0.4) is 0 Å². The summed E-state index contributed by atoms with van der Waals surface area (Å²) < 4.78 is 5.11. The largest absolute Gasteiger partial charge is 0.497 e. The number of hydrogen-bond donors (Lipinski definition) is 2. The number of rotatable bonds is 3. The minimum Gasteiger partial charge on any atom is -0.497 e. The van der Waals surface area contributed by atoms with Crippen LogP contribution in [0.5, 0.6) is 5.75 Å². The zero-order valence-corrected chi connectivity index (χ0v) is 9.74. The molecule has 1 aliphatic rings. The van der Waals surface area contributed by atoms with Crippen molar-refractivity contribution in [1.29, 1.82) is 0 Å². The number of benzene rings is 1. The lowest BCUT2D eigenvalue weighted by atomic mass is 9.93. The van der Waals surface area contributed by atoms with Gasteiger partial charge in [0.25, 0.3) is 5.91 Å². The normalized spacial score (nSPS) is 23.2. The monoisotopic (exact) mass is 234 g/mol. The Morgan fingerprint density at radius 1 is 1.35 bits per heavy atom. The van der Waals surface area contributed by atoms with E-state index >= 15 is 0 Å². The van der Waals surface area contributed by atoms with Gasteiger partial charge in [0.2, 0.25) is 0 Å². The van der Waals surface area contributed by atoms with Crippen molar-refractivity contribution in [3.63, 3.8) is 0 Å². The summed E-state index contributed by atoms with van der Waals surface area (Å²) in [6, 6.07) is 6.99. The lowest BCUT2D eigenvalue weighted by molar-refractivity contribution is -0.123. The highest BCUT2D eigenvalue weighted by Crippen LogP contribution is 2.20. The molecule has 1 aliphatic heterocycles. The Balaban J connectivity index is 2.20. The fourth-order valence-corrected chi connectivity index (χ4v) is 1.89. The van der Waals surface area contributed by atoms with Crippen molar-refractivity contribution in [1.82, 2.24) is 10.6 Å². The summed E-state index contributed by atoms with van der Waals surface area (Å²) in [6.45, 7) is 1.70. The Labute approximate surface area is 99.2 Å². The van der Waals surface area contributed by atoms with E-state index in [-0.39, 0.29) is 5.91 Å². The van der Waals surface area contributed by atoms with Crippen LogP contribution in [-0.4, -0.2) is 24.6 Å². The van der Waals surface area contributed by atoms with Crippen LogP contribution in [0.25, 0.3) is 0 Å². The first-order chi connectivity index (χ1) is 8.03. The third kappa shape index (κ3) is 2.22. The molecule has 0 radical (unpaired) electrons. The average molecular weight is 234 g/mol. The number of imide groups is 1. The van der Waals surface area contributed by atoms with Crippen molar-refractivity contribution in [3.8, 4) is 5.75 Å². The molecule has 0 aromatic heterocycles. The summed E-state index contributed by atoms with van der Waals surface area (Å²) >= 11 is 0. The number of hydrogen-bond acceptors (Lipinski definition) is 3. The maximum absolute atomic E-state index is 11.6. The molecule has 1 unspecified atom stereocenters. The van der Waals surface area contributed by atoms with Crippen LogP contribution in [0.4, 0.5) is 4.79 Å². The molecule has 1 saturated heterocycles. The quantitative estimate of drug-likeness (QED) is 0.761. The highest BCUT2D eigenvalue weighted by Gasteiger charge is 2.41. The van der Waals surface area contributed by atoms with Crippen LogP contribution in [0.1, 0.15) is 12.5 Å². The second-order valence-electron chi connectivity index (χ2n) is 4.27. The molecule has 1 aromatic rings. The fraction of sp³-hybridized carbons (Fsp3) is 0.333. The van der Waals surface area contributed by atoms with Crippen LogP contribution < -0.4 is 15.4 Å². The second-order valence-corrected chi connectivity index (χ2v) is 4.27. The first-order valence-corrected chi connectivity index (χ1v) is 5.30. The van der Waals surface area contributed by atoms with Gasteiger partial charge in [-0.05, 0) is 24.6 Å². The maximum atomic E-state index is 11.6. The zero-order valence-electron chi connectivity index (χ0n) is 9.74. The maximum Gasteiger partial charge on any atom is 0.322 e. The van der Waals surface area contributed by atoms with Crippen molar-refractivity contribution in [2.75, 3.05) is 7.11 Å². The highest BCUT2D eigenvalue weighted by atomic mass is 16.5. The van der Waals surface area contributed by atoms with Gasteiger partial charge < -0.3 is 10.1 Å². The van der Waals surface area contributed by atoms with Gasteiger partial charge >= 0.3 is 6.03 Å². The van der Waals surface area contributed by atoms with Gasteiger partial charge in [-0.3, -0.25) is 10.1 Å². The van der Waals surface area contributed by atoms with E-state index in [1.54, 1.807) is 14.0 Å². The number of amides is 3. The van der Waals surface area contributed by atoms with Crippen LogP contribution in [0.2, 0.25) is 0 Å². The Hall–Kier alpha value is -2.04. The summed E-state index contributed by atoms with van der Waals surface area (Å²) in [4.78, 5) is 22.8. The third-order valence-electron chi connectivity index (χ3n) is 2.81. The van der Waals surface area contributed by atoms with Crippen LogP contribution in [0.15, 0.2) is 24.3 Å².